The van der Waals surface area contributed by atoms with Crippen LogP contribution in [0.1, 0.15) is 36.5 Å². The summed E-state index contributed by atoms with van der Waals surface area (Å²) >= 11 is 0. The van der Waals surface area contributed by atoms with E-state index >= 15 is 0 Å². The van der Waals surface area contributed by atoms with Gasteiger partial charge in [0.2, 0.25) is 0 Å². The maximum Gasteiger partial charge on any atom is 0.251 e. The molecule has 0 spiro atoms. The third-order valence-corrected chi connectivity index (χ3v) is 3.28. The molecule has 0 aliphatic heterocycles. The Bertz CT molecular complexity index is 374. The summed E-state index contributed by atoms with van der Waals surface area (Å²) in [6, 6.07) is 5.94. The smallest absolute Gasteiger partial charge is 0.251 e. The second-order valence-electron chi connectivity index (χ2n) is 4.50. The zero-order valence-electron chi connectivity index (χ0n) is 9.37. The van der Waals surface area contributed by atoms with Gasteiger partial charge in [-0.2, -0.15) is 0 Å². The number of carbonyl (C=O) groups is 1. The van der Waals surface area contributed by atoms with Crippen LogP contribution in [0.5, 0.6) is 0 Å². The SMILES string of the molecule is CC1CCCC1NC(=O)c1ccc(F)cc1. The number of carbonyl (C=O) groups excluding carboxylic acids is 1. The minimum Gasteiger partial charge on any atom is -0.349 e. The van der Waals surface area contributed by atoms with E-state index in [4.69, 9.17) is 0 Å². The number of hydrogen-bond acceptors (Lipinski definition) is 1. The number of rotatable bonds is 2. The average Bonchev–Trinajstić information content (AvgIpc) is 2.65. The summed E-state index contributed by atoms with van der Waals surface area (Å²) in [5, 5.41) is 3.00. The standard InChI is InChI=1S/C13H16FNO/c1-9-3-2-4-12(9)15-13(16)10-5-7-11(14)8-6-10/h5-9,12H,2-4H2,1H3,(H,15,16). The minimum atomic E-state index is -0.314. The monoisotopic (exact) mass is 221 g/mol. The Hall–Kier alpha value is -1.38. The summed E-state index contributed by atoms with van der Waals surface area (Å²) < 4.78 is 12.7. The quantitative estimate of drug-likeness (QED) is 0.817. The fraction of sp³-hybridized carbons (Fsp3) is 0.462. The highest BCUT2D eigenvalue weighted by Crippen LogP contribution is 2.25. The molecule has 1 aliphatic carbocycles. The van der Waals surface area contributed by atoms with Crippen LogP contribution in [-0.2, 0) is 0 Å². The first-order valence-electron chi connectivity index (χ1n) is 5.73. The highest BCUT2D eigenvalue weighted by atomic mass is 19.1. The lowest BCUT2D eigenvalue weighted by atomic mass is 10.1. The second-order valence-corrected chi connectivity index (χ2v) is 4.50. The predicted octanol–water partition coefficient (Wildman–Crippen LogP) is 2.74. The highest BCUT2D eigenvalue weighted by Gasteiger charge is 2.24. The molecule has 16 heavy (non-hydrogen) atoms. The van der Waals surface area contributed by atoms with Crippen molar-refractivity contribution in [3.05, 3.63) is 35.6 Å². The van der Waals surface area contributed by atoms with Crippen LogP contribution in [0.3, 0.4) is 0 Å². The molecule has 0 aromatic heterocycles. The molecule has 2 atom stereocenters. The van der Waals surface area contributed by atoms with Gasteiger partial charge in [0.25, 0.3) is 5.91 Å². The molecular weight excluding hydrogens is 205 g/mol. The molecule has 2 nitrogen and oxygen atoms in total. The van der Waals surface area contributed by atoms with Crippen molar-refractivity contribution < 1.29 is 9.18 Å². The number of nitrogens with one attached hydrogen (secondary N) is 1. The molecule has 1 fully saturated rings. The fourth-order valence-corrected chi connectivity index (χ4v) is 2.21. The van der Waals surface area contributed by atoms with Gasteiger partial charge in [-0.25, -0.2) is 4.39 Å². The molecule has 1 amide bonds. The molecule has 1 saturated carbocycles. The maximum atomic E-state index is 12.7. The van der Waals surface area contributed by atoms with Crippen LogP contribution < -0.4 is 5.32 Å². The van der Waals surface area contributed by atoms with Crippen molar-refractivity contribution in [2.75, 3.05) is 0 Å². The van der Waals surface area contributed by atoms with E-state index < -0.39 is 0 Å². The first kappa shape index (κ1) is 11.1. The lowest BCUT2D eigenvalue weighted by Gasteiger charge is -2.17. The van der Waals surface area contributed by atoms with Gasteiger partial charge in [0.15, 0.2) is 0 Å². The molecule has 2 unspecified atom stereocenters. The summed E-state index contributed by atoms with van der Waals surface area (Å²) in [5.41, 5.74) is 0.528. The minimum absolute atomic E-state index is 0.0984. The third-order valence-electron chi connectivity index (χ3n) is 3.28. The summed E-state index contributed by atoms with van der Waals surface area (Å²) in [4.78, 5) is 11.8. The van der Waals surface area contributed by atoms with Crippen LogP contribution in [0, 0.1) is 11.7 Å². The number of hydrogen-bond donors (Lipinski definition) is 1. The van der Waals surface area contributed by atoms with Crippen molar-refractivity contribution in [1.29, 1.82) is 0 Å². The molecule has 0 saturated heterocycles. The van der Waals surface area contributed by atoms with Crippen molar-refractivity contribution in [1.82, 2.24) is 5.32 Å². The van der Waals surface area contributed by atoms with Crippen LogP contribution in [-0.4, -0.2) is 11.9 Å². The first-order valence-corrected chi connectivity index (χ1v) is 5.73. The van der Waals surface area contributed by atoms with Crippen molar-refractivity contribution in [3.8, 4) is 0 Å². The molecular formula is C13H16FNO. The van der Waals surface area contributed by atoms with Crippen LogP contribution in [0.2, 0.25) is 0 Å². The van der Waals surface area contributed by atoms with Crippen molar-refractivity contribution in [3.63, 3.8) is 0 Å². The second kappa shape index (κ2) is 4.64. The Morgan fingerprint density at radius 1 is 1.31 bits per heavy atom. The average molecular weight is 221 g/mol. The molecule has 86 valence electrons. The highest BCUT2D eigenvalue weighted by molar-refractivity contribution is 5.94. The van der Waals surface area contributed by atoms with E-state index in [0.29, 0.717) is 11.5 Å². The summed E-state index contributed by atoms with van der Waals surface area (Å²) in [6.07, 6.45) is 3.40. The largest absolute Gasteiger partial charge is 0.349 e. The van der Waals surface area contributed by atoms with E-state index in [1.807, 2.05) is 0 Å². The maximum absolute atomic E-state index is 12.7. The van der Waals surface area contributed by atoms with E-state index in [-0.39, 0.29) is 17.8 Å². The van der Waals surface area contributed by atoms with Crippen molar-refractivity contribution >= 4 is 5.91 Å². The van der Waals surface area contributed by atoms with Gasteiger partial charge in [-0.3, -0.25) is 4.79 Å². The van der Waals surface area contributed by atoms with Crippen molar-refractivity contribution in [2.24, 2.45) is 5.92 Å². The van der Waals surface area contributed by atoms with Crippen LogP contribution >= 0.6 is 0 Å². The predicted molar refractivity (Wildman–Crippen MR) is 60.7 cm³/mol. The molecule has 3 heteroatoms. The zero-order chi connectivity index (χ0) is 11.5. The number of amides is 1. The van der Waals surface area contributed by atoms with Crippen LogP contribution in [0.15, 0.2) is 24.3 Å². The topological polar surface area (TPSA) is 29.1 Å². The molecule has 2 rings (SSSR count). The van der Waals surface area contributed by atoms with E-state index in [1.165, 1.54) is 37.1 Å². The van der Waals surface area contributed by atoms with Gasteiger partial charge in [-0.05, 0) is 43.0 Å². The van der Waals surface area contributed by atoms with Crippen molar-refractivity contribution in [2.45, 2.75) is 32.2 Å². The molecule has 0 bridgehead atoms. The summed E-state index contributed by atoms with van der Waals surface area (Å²) in [7, 11) is 0. The molecule has 0 heterocycles. The van der Waals surface area contributed by atoms with Gasteiger partial charge in [-0.1, -0.05) is 13.3 Å². The molecule has 1 N–H and O–H groups in total. The molecule has 1 aromatic carbocycles. The van der Waals surface area contributed by atoms with Gasteiger partial charge >= 0.3 is 0 Å². The Morgan fingerprint density at radius 3 is 2.56 bits per heavy atom. The molecule has 0 radical (unpaired) electrons. The van der Waals surface area contributed by atoms with Gasteiger partial charge in [0, 0.05) is 11.6 Å². The van der Waals surface area contributed by atoms with Gasteiger partial charge in [0.1, 0.15) is 5.82 Å². The third kappa shape index (κ3) is 2.40. The lowest BCUT2D eigenvalue weighted by Crippen LogP contribution is -2.36. The normalized spacial score (nSPS) is 24.4. The lowest BCUT2D eigenvalue weighted by molar-refractivity contribution is 0.0929. The van der Waals surface area contributed by atoms with E-state index in [0.717, 1.165) is 6.42 Å². The van der Waals surface area contributed by atoms with E-state index in [9.17, 15) is 9.18 Å². The Kier molecular flexibility index (Phi) is 3.22. The fourth-order valence-electron chi connectivity index (χ4n) is 2.21. The Balaban J connectivity index is 2.00. The van der Waals surface area contributed by atoms with E-state index in [1.54, 1.807) is 0 Å². The summed E-state index contributed by atoms with van der Waals surface area (Å²) in [5.74, 6) is 0.133. The van der Waals surface area contributed by atoms with Gasteiger partial charge in [0.05, 0.1) is 0 Å². The first-order chi connectivity index (χ1) is 7.66. The van der Waals surface area contributed by atoms with Crippen LogP contribution in [0.4, 0.5) is 4.39 Å². The van der Waals surface area contributed by atoms with E-state index in [2.05, 4.69) is 12.2 Å². The summed E-state index contributed by atoms with van der Waals surface area (Å²) in [6.45, 7) is 2.16. The Labute approximate surface area is 94.9 Å². The van der Waals surface area contributed by atoms with Gasteiger partial charge < -0.3 is 5.32 Å². The number of benzene rings is 1. The Morgan fingerprint density at radius 2 is 2.00 bits per heavy atom. The van der Waals surface area contributed by atoms with Crippen LogP contribution in [0.25, 0.3) is 0 Å². The molecule has 1 aromatic rings. The van der Waals surface area contributed by atoms with Gasteiger partial charge in [-0.15, -0.1) is 0 Å². The molecule has 1 aliphatic rings. The zero-order valence-corrected chi connectivity index (χ0v) is 9.37. The number of halogens is 1.